The van der Waals surface area contributed by atoms with Gasteiger partial charge in [0.1, 0.15) is 0 Å². The van der Waals surface area contributed by atoms with Crippen LogP contribution in [0.15, 0.2) is 59.5 Å². The van der Waals surface area contributed by atoms with Crippen molar-refractivity contribution < 1.29 is 21.6 Å². The monoisotopic (exact) mass is 428 g/mol. The van der Waals surface area contributed by atoms with Gasteiger partial charge < -0.3 is 5.53 Å². The topological polar surface area (TPSA) is 105 Å². The fourth-order valence-corrected chi connectivity index (χ4v) is 8.32. The van der Waals surface area contributed by atoms with Gasteiger partial charge in [-0.25, -0.2) is 16.8 Å². The molecule has 1 saturated carbocycles. The van der Waals surface area contributed by atoms with Crippen LogP contribution in [0, 0.1) is 0 Å². The molecule has 0 bridgehead atoms. The molecule has 1 fully saturated rings. The second-order valence-electron chi connectivity index (χ2n) is 7.35. The van der Waals surface area contributed by atoms with Crippen molar-refractivity contribution in [3.63, 3.8) is 0 Å². The molecule has 6 nitrogen and oxygen atoms in total. The Kier molecular flexibility index (Phi) is 5.02. The van der Waals surface area contributed by atoms with E-state index >= 15 is 0 Å². The average Bonchev–Trinajstić information content (AvgIpc) is 2.72. The Morgan fingerprint density at radius 1 is 0.828 bits per heavy atom. The normalized spacial score (nSPS) is 16.0. The summed E-state index contributed by atoms with van der Waals surface area (Å²) in [6, 6.07) is 15.8. The highest BCUT2D eigenvalue weighted by molar-refractivity contribution is 8.31. The molecule has 0 atom stereocenters. The van der Waals surface area contributed by atoms with Gasteiger partial charge in [-0.3, -0.25) is 0 Å². The highest BCUT2D eigenvalue weighted by Gasteiger charge is 2.47. The van der Waals surface area contributed by atoms with Crippen molar-refractivity contribution in [3.05, 3.63) is 60.1 Å². The molecule has 150 valence electrons. The predicted octanol–water partition coefficient (Wildman–Crippen LogP) is 4.10. The summed E-state index contributed by atoms with van der Waals surface area (Å²) >= 11 is 0. The fraction of sp³-hybridized carbons (Fsp3) is 0.286. The molecule has 0 aromatic heterocycles. The van der Waals surface area contributed by atoms with Gasteiger partial charge in [-0.1, -0.05) is 55.7 Å². The average molecular weight is 429 g/mol. The molecular weight excluding hydrogens is 408 g/mol. The van der Waals surface area contributed by atoms with Crippen LogP contribution < -0.4 is 0 Å². The maximum atomic E-state index is 13.3. The molecular formula is C21H20N2O4S2. The Bertz CT molecular complexity index is 1370. The summed E-state index contributed by atoms with van der Waals surface area (Å²) in [5.41, 5.74) is 9.46. The molecule has 0 radical (unpaired) electrons. The molecule has 4 rings (SSSR count). The van der Waals surface area contributed by atoms with E-state index in [1.807, 2.05) is 30.3 Å². The number of hydrogen-bond donors (Lipinski definition) is 0. The van der Waals surface area contributed by atoms with Crippen LogP contribution >= 0.6 is 0 Å². The maximum absolute atomic E-state index is 13.3. The van der Waals surface area contributed by atoms with Crippen LogP contribution in [0.2, 0.25) is 0 Å². The van der Waals surface area contributed by atoms with Gasteiger partial charge in [0.25, 0.3) is 19.7 Å². The first-order valence-corrected chi connectivity index (χ1v) is 12.5. The molecule has 0 saturated heterocycles. The van der Waals surface area contributed by atoms with Crippen LogP contribution in [0.4, 0.5) is 0 Å². The third-order valence-electron chi connectivity index (χ3n) is 5.54. The van der Waals surface area contributed by atoms with Crippen LogP contribution in [0.5, 0.6) is 0 Å². The summed E-state index contributed by atoms with van der Waals surface area (Å²) in [7, 11) is -8.82. The zero-order chi connectivity index (χ0) is 20.6. The van der Waals surface area contributed by atoms with Gasteiger partial charge in [-0.2, -0.15) is 0 Å². The smallest absolute Gasteiger partial charge is 0.359 e. The molecule has 0 heterocycles. The Hall–Kier alpha value is -2.54. The molecule has 3 aromatic carbocycles. The quantitative estimate of drug-likeness (QED) is 0.201. The Morgan fingerprint density at radius 2 is 1.45 bits per heavy atom. The molecule has 0 N–H and O–H groups in total. The zero-order valence-corrected chi connectivity index (χ0v) is 17.3. The Labute approximate surface area is 169 Å². The lowest BCUT2D eigenvalue weighted by Gasteiger charge is -2.19. The van der Waals surface area contributed by atoms with Crippen LogP contribution in [0.3, 0.4) is 0 Å². The zero-order valence-electron chi connectivity index (χ0n) is 15.7. The number of hydrogen-bond acceptors (Lipinski definition) is 4. The Balaban J connectivity index is 1.91. The van der Waals surface area contributed by atoms with Crippen molar-refractivity contribution in [2.24, 2.45) is 0 Å². The van der Waals surface area contributed by atoms with E-state index in [1.165, 1.54) is 6.07 Å². The van der Waals surface area contributed by atoms with Gasteiger partial charge in [-0.05, 0) is 47.2 Å². The highest BCUT2D eigenvalue weighted by atomic mass is 32.3. The standard InChI is InChI=1S/C21H20N2O4S2/c22-23-21(28(24,25)18-10-2-1-3-11-18)29(26,27)20-12-6-9-17-13-15-7-4-5-8-16(15)14-19(17)20/h4-9,12-14,18H,1-3,10-11H2. The van der Waals surface area contributed by atoms with E-state index in [-0.39, 0.29) is 4.90 Å². The van der Waals surface area contributed by atoms with Crippen molar-refractivity contribution in [2.45, 2.75) is 42.2 Å². The lowest BCUT2D eigenvalue weighted by molar-refractivity contribution is 0.00370. The van der Waals surface area contributed by atoms with Crippen molar-refractivity contribution in [2.75, 3.05) is 0 Å². The van der Waals surface area contributed by atoms with Crippen molar-refractivity contribution in [3.8, 4) is 0 Å². The third kappa shape index (κ3) is 3.37. The first-order chi connectivity index (χ1) is 13.9. The maximum Gasteiger partial charge on any atom is 0.499 e. The molecule has 1 aliphatic carbocycles. The van der Waals surface area contributed by atoms with E-state index < -0.39 is 29.3 Å². The van der Waals surface area contributed by atoms with E-state index in [0.717, 1.165) is 17.2 Å². The van der Waals surface area contributed by atoms with Gasteiger partial charge in [0.05, 0.1) is 10.1 Å². The fourth-order valence-electron chi connectivity index (χ4n) is 4.05. The Morgan fingerprint density at radius 3 is 2.10 bits per heavy atom. The van der Waals surface area contributed by atoms with Crippen molar-refractivity contribution in [1.82, 2.24) is 0 Å². The molecule has 0 unspecified atom stereocenters. The van der Waals surface area contributed by atoms with Gasteiger partial charge >= 0.3 is 4.38 Å². The second-order valence-corrected chi connectivity index (χ2v) is 11.6. The number of sulfone groups is 2. The molecule has 1 aliphatic rings. The predicted molar refractivity (Wildman–Crippen MR) is 113 cm³/mol. The minimum absolute atomic E-state index is 0.173. The molecule has 3 aromatic rings. The lowest BCUT2D eigenvalue weighted by Crippen LogP contribution is -2.35. The summed E-state index contributed by atoms with van der Waals surface area (Å²) < 4.78 is 51.5. The van der Waals surface area contributed by atoms with E-state index in [9.17, 15) is 22.4 Å². The largest absolute Gasteiger partial charge is 0.499 e. The summed E-state index contributed by atoms with van der Waals surface area (Å²) in [5, 5.41) is 2.00. The van der Waals surface area contributed by atoms with Crippen LogP contribution in [0.1, 0.15) is 32.1 Å². The number of nitrogens with zero attached hydrogens (tertiary/aromatic N) is 2. The molecule has 8 heteroatoms. The summed E-state index contributed by atoms with van der Waals surface area (Å²) in [4.78, 5) is 2.62. The lowest BCUT2D eigenvalue weighted by atomic mass is 10.0. The summed E-state index contributed by atoms with van der Waals surface area (Å²) in [6.45, 7) is 0. The van der Waals surface area contributed by atoms with Crippen LogP contribution in [-0.2, 0) is 19.7 Å². The highest BCUT2D eigenvalue weighted by Crippen LogP contribution is 2.32. The summed E-state index contributed by atoms with van der Waals surface area (Å²) in [5.74, 6) is 0. The SMILES string of the molecule is [N-]=[N+]=C(S(=O)(=O)c1cccc2cc3ccccc3cc12)S(=O)(=O)C1CCCCC1. The van der Waals surface area contributed by atoms with Crippen LogP contribution in [-0.4, -0.2) is 31.3 Å². The van der Waals surface area contributed by atoms with Crippen molar-refractivity contribution >= 4 is 45.6 Å². The number of fused-ring (bicyclic) bond motifs is 2. The van der Waals surface area contributed by atoms with E-state index in [4.69, 9.17) is 0 Å². The van der Waals surface area contributed by atoms with Gasteiger partial charge in [0.15, 0.2) is 0 Å². The van der Waals surface area contributed by atoms with E-state index in [0.29, 0.717) is 36.5 Å². The van der Waals surface area contributed by atoms with Crippen LogP contribution in [0.25, 0.3) is 27.1 Å². The van der Waals surface area contributed by atoms with E-state index in [1.54, 1.807) is 18.2 Å². The number of rotatable bonds is 2. The van der Waals surface area contributed by atoms with E-state index in [2.05, 4.69) is 4.79 Å². The van der Waals surface area contributed by atoms with Gasteiger partial charge in [0, 0.05) is 5.39 Å². The molecule has 0 aliphatic heterocycles. The minimum Gasteiger partial charge on any atom is -0.359 e. The minimum atomic E-state index is -4.54. The first kappa shape index (κ1) is 19.8. The summed E-state index contributed by atoms with van der Waals surface area (Å²) in [6.07, 6.45) is 3.08. The number of benzene rings is 3. The second kappa shape index (κ2) is 7.37. The molecule has 0 spiro atoms. The molecule has 29 heavy (non-hydrogen) atoms. The van der Waals surface area contributed by atoms with Crippen molar-refractivity contribution in [1.29, 1.82) is 0 Å². The first-order valence-electron chi connectivity index (χ1n) is 9.48. The molecule has 0 amide bonds. The van der Waals surface area contributed by atoms with Gasteiger partial charge in [0.2, 0.25) is 0 Å². The van der Waals surface area contributed by atoms with Gasteiger partial charge in [-0.15, -0.1) is 4.79 Å². The third-order valence-corrected chi connectivity index (χ3v) is 10.3.